The number of fused-ring (bicyclic) bond motifs is 1. The summed E-state index contributed by atoms with van der Waals surface area (Å²) in [5.74, 6) is 6.53. The number of hydrogen-bond donors (Lipinski definition) is 3. The first-order valence-electron chi connectivity index (χ1n) is 11.8. The first-order chi connectivity index (χ1) is 16.9. The molecule has 0 bridgehead atoms. The Balaban J connectivity index is 1.58. The highest BCUT2D eigenvalue weighted by molar-refractivity contribution is 5.97. The predicted octanol–water partition coefficient (Wildman–Crippen LogP) is 5.00. The predicted molar refractivity (Wildman–Crippen MR) is 140 cm³/mol. The van der Waals surface area contributed by atoms with E-state index in [2.05, 4.69) is 22.1 Å². The molecule has 1 atom stereocenters. The lowest BCUT2D eigenvalue weighted by molar-refractivity contribution is 0.0910. The Morgan fingerprint density at radius 2 is 1.83 bits per heavy atom. The number of ether oxygens (including phenoxy) is 1. The van der Waals surface area contributed by atoms with Gasteiger partial charge in [0.2, 0.25) is 0 Å². The fourth-order valence-corrected chi connectivity index (χ4v) is 3.98. The van der Waals surface area contributed by atoms with Crippen molar-refractivity contribution in [2.24, 2.45) is 0 Å². The van der Waals surface area contributed by atoms with Gasteiger partial charge in [0.25, 0.3) is 5.91 Å². The van der Waals surface area contributed by atoms with E-state index in [4.69, 9.17) is 4.74 Å². The monoisotopic (exact) mass is 466 g/mol. The van der Waals surface area contributed by atoms with E-state index in [0.29, 0.717) is 23.3 Å². The number of aliphatic hydroxyl groups is 1. The lowest BCUT2D eigenvalue weighted by Crippen LogP contribution is -2.39. The fourth-order valence-electron chi connectivity index (χ4n) is 3.98. The largest absolute Gasteiger partial charge is 0.490 e. The van der Waals surface area contributed by atoms with Gasteiger partial charge in [0.15, 0.2) is 0 Å². The molecule has 0 saturated carbocycles. The molecule has 0 saturated heterocycles. The van der Waals surface area contributed by atoms with Crippen LogP contribution in [0.1, 0.15) is 46.5 Å². The SMILES string of the molecule is Cc1ccccc1C#Cc1ccc(OC(C)C)c(C(=O)NC(CO)Cc2c[nH]c3ccccc23)c1. The van der Waals surface area contributed by atoms with Crippen molar-refractivity contribution in [1.29, 1.82) is 0 Å². The van der Waals surface area contributed by atoms with E-state index in [-0.39, 0.29) is 18.6 Å². The van der Waals surface area contributed by atoms with Gasteiger partial charge in [0, 0.05) is 28.2 Å². The Labute approximate surface area is 206 Å². The quantitative estimate of drug-likeness (QED) is 0.336. The molecule has 178 valence electrons. The van der Waals surface area contributed by atoms with Gasteiger partial charge in [-0.25, -0.2) is 0 Å². The number of aryl methyl sites for hydroxylation is 1. The molecule has 5 heteroatoms. The summed E-state index contributed by atoms with van der Waals surface area (Å²) in [5.41, 5.74) is 5.22. The maximum Gasteiger partial charge on any atom is 0.255 e. The number of para-hydroxylation sites is 1. The highest BCUT2D eigenvalue weighted by Gasteiger charge is 2.19. The summed E-state index contributed by atoms with van der Waals surface area (Å²) in [7, 11) is 0. The van der Waals surface area contributed by atoms with Gasteiger partial charge >= 0.3 is 0 Å². The number of amides is 1. The number of rotatable bonds is 7. The highest BCUT2D eigenvalue weighted by Crippen LogP contribution is 2.23. The zero-order chi connectivity index (χ0) is 24.8. The number of H-pyrrole nitrogens is 1. The summed E-state index contributed by atoms with van der Waals surface area (Å²) in [6.07, 6.45) is 2.33. The van der Waals surface area contributed by atoms with Gasteiger partial charge in [-0.2, -0.15) is 0 Å². The summed E-state index contributed by atoms with van der Waals surface area (Å²) in [6.45, 7) is 5.67. The summed E-state index contributed by atoms with van der Waals surface area (Å²) >= 11 is 0. The molecule has 3 N–H and O–H groups in total. The van der Waals surface area contributed by atoms with E-state index in [1.807, 2.05) is 81.6 Å². The summed E-state index contributed by atoms with van der Waals surface area (Å²) in [6, 6.07) is 20.9. The van der Waals surface area contributed by atoms with Crippen LogP contribution >= 0.6 is 0 Å². The second-order valence-electron chi connectivity index (χ2n) is 8.86. The molecule has 0 aliphatic rings. The van der Waals surface area contributed by atoms with Gasteiger partial charge in [-0.15, -0.1) is 0 Å². The van der Waals surface area contributed by atoms with Crippen LogP contribution in [0.15, 0.2) is 72.9 Å². The number of aliphatic hydroxyl groups excluding tert-OH is 1. The number of aromatic amines is 1. The Kier molecular flexibility index (Phi) is 7.54. The van der Waals surface area contributed by atoms with Crippen LogP contribution in [0.2, 0.25) is 0 Å². The maximum absolute atomic E-state index is 13.3. The Morgan fingerprint density at radius 3 is 2.60 bits per heavy atom. The summed E-state index contributed by atoms with van der Waals surface area (Å²) < 4.78 is 5.91. The lowest BCUT2D eigenvalue weighted by Gasteiger charge is -2.19. The van der Waals surface area contributed by atoms with Gasteiger partial charge in [0.1, 0.15) is 5.75 Å². The summed E-state index contributed by atoms with van der Waals surface area (Å²) in [4.78, 5) is 16.6. The average Bonchev–Trinajstić information content (AvgIpc) is 3.26. The lowest BCUT2D eigenvalue weighted by atomic mass is 10.0. The topological polar surface area (TPSA) is 74.3 Å². The minimum absolute atomic E-state index is 0.0923. The van der Waals surface area contributed by atoms with E-state index in [0.717, 1.165) is 27.6 Å². The van der Waals surface area contributed by atoms with Crippen molar-refractivity contribution < 1.29 is 14.6 Å². The molecule has 0 radical (unpaired) electrons. The van der Waals surface area contributed by atoms with Gasteiger partial charge in [-0.3, -0.25) is 4.79 Å². The summed E-state index contributed by atoms with van der Waals surface area (Å²) in [5, 5.41) is 14.1. The van der Waals surface area contributed by atoms with Crippen molar-refractivity contribution >= 4 is 16.8 Å². The Hall–Kier alpha value is -4.01. The molecule has 1 unspecified atom stereocenters. The molecule has 0 fully saturated rings. The number of benzene rings is 3. The van der Waals surface area contributed by atoms with Gasteiger partial charge in [-0.1, -0.05) is 48.2 Å². The maximum atomic E-state index is 13.3. The van der Waals surface area contributed by atoms with Crippen LogP contribution in [0.25, 0.3) is 10.9 Å². The molecule has 35 heavy (non-hydrogen) atoms. The van der Waals surface area contributed by atoms with Crippen molar-refractivity contribution in [3.8, 4) is 17.6 Å². The molecule has 0 spiro atoms. The number of carbonyl (C=O) groups is 1. The van der Waals surface area contributed by atoms with E-state index in [1.165, 1.54) is 0 Å². The Bertz CT molecular complexity index is 1390. The first-order valence-corrected chi connectivity index (χ1v) is 11.8. The third-order valence-electron chi connectivity index (χ3n) is 5.77. The van der Waals surface area contributed by atoms with Crippen molar-refractivity contribution in [2.45, 2.75) is 39.3 Å². The van der Waals surface area contributed by atoms with Crippen LogP contribution in [0, 0.1) is 18.8 Å². The third-order valence-corrected chi connectivity index (χ3v) is 5.77. The van der Waals surface area contributed by atoms with Crippen molar-refractivity contribution in [3.05, 3.63) is 101 Å². The molecule has 4 rings (SSSR count). The second kappa shape index (κ2) is 10.9. The van der Waals surface area contributed by atoms with Crippen LogP contribution in [-0.4, -0.2) is 34.8 Å². The molecule has 3 aromatic carbocycles. The van der Waals surface area contributed by atoms with Gasteiger partial charge in [0.05, 0.1) is 24.3 Å². The third kappa shape index (κ3) is 5.92. The fraction of sp³-hybridized carbons (Fsp3) is 0.233. The zero-order valence-electron chi connectivity index (χ0n) is 20.3. The van der Waals surface area contributed by atoms with Crippen LogP contribution in [0.5, 0.6) is 5.75 Å². The molecular formula is C30H30N2O3. The molecule has 1 aromatic heterocycles. The first kappa shape index (κ1) is 24.1. The molecule has 4 aromatic rings. The van der Waals surface area contributed by atoms with Crippen molar-refractivity contribution in [2.75, 3.05) is 6.61 Å². The van der Waals surface area contributed by atoms with Crippen LogP contribution in [-0.2, 0) is 6.42 Å². The number of nitrogens with one attached hydrogen (secondary N) is 2. The second-order valence-corrected chi connectivity index (χ2v) is 8.86. The van der Waals surface area contributed by atoms with E-state index in [9.17, 15) is 9.90 Å². The van der Waals surface area contributed by atoms with Crippen molar-refractivity contribution in [3.63, 3.8) is 0 Å². The number of aromatic nitrogens is 1. The molecular weight excluding hydrogens is 436 g/mol. The molecule has 1 heterocycles. The average molecular weight is 467 g/mol. The molecule has 1 amide bonds. The van der Waals surface area contributed by atoms with Crippen LogP contribution in [0.3, 0.4) is 0 Å². The van der Waals surface area contributed by atoms with Gasteiger partial charge < -0.3 is 20.1 Å². The van der Waals surface area contributed by atoms with Crippen LogP contribution in [0.4, 0.5) is 0 Å². The van der Waals surface area contributed by atoms with E-state index in [1.54, 1.807) is 12.1 Å². The molecule has 0 aliphatic carbocycles. The minimum Gasteiger partial charge on any atom is -0.490 e. The normalized spacial score (nSPS) is 11.7. The minimum atomic E-state index is -0.449. The zero-order valence-corrected chi connectivity index (χ0v) is 20.3. The van der Waals surface area contributed by atoms with E-state index < -0.39 is 6.04 Å². The molecule has 5 nitrogen and oxygen atoms in total. The standard InChI is InChI=1S/C30H30N2O3/c1-20(2)35-29-15-13-22(12-14-23-9-5-4-8-21(23)3)16-27(29)30(34)32-25(19-33)17-24-18-31-28-11-7-6-10-26(24)28/h4-11,13,15-16,18,20,25,31,33H,17,19H2,1-3H3,(H,32,34). The molecule has 0 aliphatic heterocycles. The number of carbonyl (C=O) groups excluding carboxylic acids is 1. The van der Waals surface area contributed by atoms with Crippen LogP contribution < -0.4 is 10.1 Å². The Morgan fingerprint density at radius 1 is 1.06 bits per heavy atom. The highest BCUT2D eigenvalue weighted by atomic mass is 16.5. The van der Waals surface area contributed by atoms with Crippen molar-refractivity contribution in [1.82, 2.24) is 10.3 Å². The smallest absolute Gasteiger partial charge is 0.255 e. The van der Waals surface area contributed by atoms with E-state index >= 15 is 0 Å². The van der Waals surface area contributed by atoms with Gasteiger partial charge in [-0.05, 0) is 68.7 Å². The number of hydrogen-bond acceptors (Lipinski definition) is 3.